The first-order valence-electron chi connectivity index (χ1n) is 7.75. The molecule has 0 spiro atoms. The van der Waals surface area contributed by atoms with E-state index in [2.05, 4.69) is 5.32 Å². The molecule has 0 saturated carbocycles. The monoisotopic (exact) mass is 372 g/mol. The molecule has 1 N–H and O–H groups in total. The molecule has 1 aliphatic rings. The van der Waals surface area contributed by atoms with Crippen molar-refractivity contribution in [1.82, 2.24) is 10.2 Å². The van der Waals surface area contributed by atoms with Gasteiger partial charge >= 0.3 is 0 Å². The average Bonchev–Trinajstić information content (AvgIpc) is 2.84. The van der Waals surface area contributed by atoms with Gasteiger partial charge in [0.2, 0.25) is 11.8 Å². The van der Waals surface area contributed by atoms with E-state index in [-0.39, 0.29) is 29.9 Å². The maximum absolute atomic E-state index is 12.1. The summed E-state index contributed by atoms with van der Waals surface area (Å²) in [6.07, 6.45) is 1.02. The summed E-state index contributed by atoms with van der Waals surface area (Å²) in [6.45, 7) is 1.66. The number of rotatable bonds is 6. The first-order chi connectivity index (χ1) is 11.3. The van der Waals surface area contributed by atoms with Crippen LogP contribution in [0.5, 0.6) is 0 Å². The number of hydrogen-bond acceptors (Lipinski definition) is 4. The van der Waals surface area contributed by atoms with Crippen molar-refractivity contribution in [2.75, 3.05) is 24.6 Å². The molecule has 0 bridgehead atoms. The summed E-state index contributed by atoms with van der Waals surface area (Å²) < 4.78 is 23.1. The molecule has 0 aliphatic carbocycles. The van der Waals surface area contributed by atoms with Crippen LogP contribution in [0.15, 0.2) is 24.3 Å². The van der Waals surface area contributed by atoms with Crippen molar-refractivity contribution in [3.05, 3.63) is 34.9 Å². The number of benzene rings is 1. The molecule has 24 heavy (non-hydrogen) atoms. The second kappa shape index (κ2) is 7.98. The topological polar surface area (TPSA) is 83.6 Å². The second-order valence-corrected chi connectivity index (χ2v) is 8.60. The molecule has 132 valence electrons. The van der Waals surface area contributed by atoms with E-state index in [9.17, 15) is 18.0 Å². The molecule has 1 aromatic rings. The largest absolute Gasteiger partial charge is 0.354 e. The molecular formula is C16H21ClN2O4S. The van der Waals surface area contributed by atoms with Gasteiger partial charge in [0.05, 0.1) is 18.1 Å². The maximum atomic E-state index is 12.1. The molecule has 6 nitrogen and oxygen atoms in total. The van der Waals surface area contributed by atoms with Crippen LogP contribution in [-0.4, -0.2) is 55.8 Å². The smallest absolute Gasteiger partial charge is 0.239 e. The predicted molar refractivity (Wildman–Crippen MR) is 92.6 cm³/mol. The zero-order valence-corrected chi connectivity index (χ0v) is 15.1. The molecule has 2 rings (SSSR count). The zero-order valence-electron chi connectivity index (χ0n) is 13.5. The Bertz CT molecular complexity index is 721. The van der Waals surface area contributed by atoms with Crippen molar-refractivity contribution in [2.24, 2.45) is 0 Å². The molecule has 8 heteroatoms. The molecule has 1 fully saturated rings. The summed E-state index contributed by atoms with van der Waals surface area (Å²) in [7, 11) is -3.10. The first kappa shape index (κ1) is 18.7. The van der Waals surface area contributed by atoms with Gasteiger partial charge in [-0.25, -0.2) is 8.42 Å². The second-order valence-electron chi connectivity index (χ2n) is 5.93. The highest BCUT2D eigenvalue weighted by molar-refractivity contribution is 7.91. The van der Waals surface area contributed by atoms with Crippen molar-refractivity contribution in [3.8, 4) is 0 Å². The summed E-state index contributed by atoms with van der Waals surface area (Å²) in [5.74, 6) is -0.584. The number of nitrogens with zero attached hydrogens (tertiary/aromatic N) is 1. The number of sulfone groups is 1. The number of halogens is 1. The minimum atomic E-state index is -3.10. The van der Waals surface area contributed by atoms with Gasteiger partial charge in [-0.2, -0.15) is 0 Å². The summed E-state index contributed by atoms with van der Waals surface area (Å²) >= 11 is 5.91. The van der Waals surface area contributed by atoms with Gasteiger partial charge in [0, 0.05) is 24.5 Å². The first-order valence-corrected chi connectivity index (χ1v) is 9.95. The number of hydrogen-bond donors (Lipinski definition) is 1. The van der Waals surface area contributed by atoms with Crippen molar-refractivity contribution >= 4 is 33.3 Å². The highest BCUT2D eigenvalue weighted by Gasteiger charge is 2.34. The fraction of sp³-hybridized carbons (Fsp3) is 0.500. The normalized spacial score (nSPS) is 19.0. The molecule has 1 aliphatic heterocycles. The Balaban J connectivity index is 1.84. The van der Waals surface area contributed by atoms with E-state index in [4.69, 9.17) is 11.6 Å². The van der Waals surface area contributed by atoms with Crippen LogP contribution >= 0.6 is 11.6 Å². The van der Waals surface area contributed by atoms with Gasteiger partial charge in [0.25, 0.3) is 0 Å². The van der Waals surface area contributed by atoms with Gasteiger partial charge in [0.15, 0.2) is 9.84 Å². The third kappa shape index (κ3) is 5.49. The molecule has 1 atom stereocenters. The number of nitrogens with one attached hydrogen (secondary N) is 1. The summed E-state index contributed by atoms with van der Waals surface area (Å²) in [5, 5.41) is 3.40. The Labute approximate surface area is 147 Å². The van der Waals surface area contributed by atoms with Gasteiger partial charge in [-0.3, -0.25) is 9.59 Å². The lowest BCUT2D eigenvalue weighted by Gasteiger charge is -2.26. The van der Waals surface area contributed by atoms with E-state index in [0.717, 1.165) is 5.56 Å². The van der Waals surface area contributed by atoms with Crippen LogP contribution in [0.3, 0.4) is 0 Å². The van der Waals surface area contributed by atoms with Crippen molar-refractivity contribution in [2.45, 2.75) is 25.8 Å². The summed E-state index contributed by atoms with van der Waals surface area (Å²) in [6, 6.07) is 6.97. The third-order valence-electron chi connectivity index (χ3n) is 3.99. The highest BCUT2D eigenvalue weighted by atomic mass is 35.5. The fourth-order valence-electron chi connectivity index (χ4n) is 2.77. The molecule has 1 aromatic carbocycles. The minimum Gasteiger partial charge on any atom is -0.354 e. The fourth-order valence-corrected chi connectivity index (χ4v) is 4.71. The van der Waals surface area contributed by atoms with Crippen molar-refractivity contribution in [1.29, 1.82) is 0 Å². The molecule has 0 aromatic heterocycles. The van der Waals surface area contributed by atoms with Crippen LogP contribution < -0.4 is 5.32 Å². The Morgan fingerprint density at radius 1 is 1.38 bits per heavy atom. The Kier molecular flexibility index (Phi) is 6.23. The lowest BCUT2D eigenvalue weighted by Crippen LogP contribution is -2.46. The maximum Gasteiger partial charge on any atom is 0.239 e. The average molecular weight is 373 g/mol. The van der Waals surface area contributed by atoms with Gasteiger partial charge in [-0.05, 0) is 30.5 Å². The van der Waals surface area contributed by atoms with Crippen LogP contribution in [0.2, 0.25) is 5.02 Å². The number of carbonyl (C=O) groups excluding carboxylic acids is 2. The molecule has 0 radical (unpaired) electrons. The predicted octanol–water partition coefficient (Wildman–Crippen LogP) is 1.03. The van der Waals surface area contributed by atoms with E-state index in [1.807, 2.05) is 18.2 Å². The van der Waals surface area contributed by atoms with Gasteiger partial charge < -0.3 is 10.2 Å². The van der Waals surface area contributed by atoms with E-state index in [1.165, 1.54) is 11.8 Å². The van der Waals surface area contributed by atoms with Crippen LogP contribution in [0.4, 0.5) is 0 Å². The van der Waals surface area contributed by atoms with Crippen LogP contribution in [-0.2, 0) is 25.8 Å². The Hall–Kier alpha value is -1.60. The molecule has 1 unspecified atom stereocenters. The standard InChI is InChI=1S/C16H21ClN2O4S/c1-12(20)19(15-6-8-24(22,23)11-15)10-16(21)18-7-5-13-3-2-4-14(17)9-13/h2-4,9,15H,5-8,10-11H2,1H3,(H,18,21). The summed E-state index contributed by atoms with van der Waals surface area (Å²) in [5.41, 5.74) is 1.01. The van der Waals surface area contributed by atoms with Gasteiger partial charge in [-0.1, -0.05) is 23.7 Å². The molecule has 2 amide bonds. The Morgan fingerprint density at radius 3 is 2.71 bits per heavy atom. The van der Waals surface area contributed by atoms with Crippen molar-refractivity contribution < 1.29 is 18.0 Å². The summed E-state index contributed by atoms with van der Waals surface area (Å²) in [4.78, 5) is 25.1. The number of carbonyl (C=O) groups is 2. The zero-order chi connectivity index (χ0) is 17.7. The number of amides is 2. The van der Waals surface area contributed by atoms with Gasteiger partial charge in [-0.15, -0.1) is 0 Å². The molecule has 1 saturated heterocycles. The third-order valence-corrected chi connectivity index (χ3v) is 5.98. The van der Waals surface area contributed by atoms with Crippen LogP contribution in [0.25, 0.3) is 0 Å². The quantitative estimate of drug-likeness (QED) is 0.808. The highest BCUT2D eigenvalue weighted by Crippen LogP contribution is 2.17. The molecule has 1 heterocycles. The van der Waals surface area contributed by atoms with E-state index >= 15 is 0 Å². The lowest BCUT2D eigenvalue weighted by molar-refractivity contribution is -0.136. The van der Waals surface area contributed by atoms with E-state index in [0.29, 0.717) is 24.4 Å². The molecular weight excluding hydrogens is 352 g/mol. The van der Waals surface area contributed by atoms with E-state index in [1.54, 1.807) is 6.07 Å². The van der Waals surface area contributed by atoms with Crippen LogP contribution in [0.1, 0.15) is 18.9 Å². The van der Waals surface area contributed by atoms with Crippen LogP contribution in [0, 0.1) is 0 Å². The minimum absolute atomic E-state index is 0.0671. The van der Waals surface area contributed by atoms with E-state index < -0.39 is 15.9 Å². The van der Waals surface area contributed by atoms with Gasteiger partial charge in [0.1, 0.15) is 0 Å². The Morgan fingerprint density at radius 2 is 2.12 bits per heavy atom. The van der Waals surface area contributed by atoms with Crippen molar-refractivity contribution in [3.63, 3.8) is 0 Å². The SMILES string of the molecule is CC(=O)N(CC(=O)NCCc1cccc(Cl)c1)C1CCS(=O)(=O)C1. The lowest BCUT2D eigenvalue weighted by atomic mass is 10.1.